The van der Waals surface area contributed by atoms with Gasteiger partial charge in [-0.15, -0.1) is 11.3 Å². The number of aryl methyl sites for hydroxylation is 2. The summed E-state index contributed by atoms with van der Waals surface area (Å²) in [5.74, 6) is -0.528. The average Bonchev–Trinajstić information content (AvgIpc) is 3.46. The highest BCUT2D eigenvalue weighted by Crippen LogP contribution is 2.38. The standard InChI is InChI=1S/C31H25N5O3S2/c1-19-15-21(16-22(17-32)30(37)34-31-28(18-33)27-5-3-4-6-29(27)41-31)20(2)35(19)23-7-11-25(12-8-23)40-26-13-9-24(10-14-26)36(38)39/h7-16H,3-6H2,1-2H3,(H,34,37)/b22-16+. The number of thiophene rings is 1. The largest absolute Gasteiger partial charge is 0.318 e. The molecule has 1 aliphatic carbocycles. The van der Waals surface area contributed by atoms with E-state index in [2.05, 4.69) is 16.0 Å². The van der Waals surface area contributed by atoms with Gasteiger partial charge in [-0.25, -0.2) is 0 Å². The number of hydrogen-bond acceptors (Lipinski definition) is 7. The van der Waals surface area contributed by atoms with Crippen LogP contribution in [0, 0.1) is 46.6 Å². The van der Waals surface area contributed by atoms with Gasteiger partial charge in [0.05, 0.1) is 10.5 Å². The van der Waals surface area contributed by atoms with Crippen molar-refractivity contribution in [3.8, 4) is 17.8 Å². The molecule has 204 valence electrons. The number of amides is 1. The van der Waals surface area contributed by atoms with Gasteiger partial charge < -0.3 is 9.88 Å². The molecule has 10 heteroatoms. The van der Waals surface area contributed by atoms with Crippen LogP contribution < -0.4 is 5.32 Å². The maximum absolute atomic E-state index is 13.1. The van der Waals surface area contributed by atoms with Crippen LogP contribution in [-0.4, -0.2) is 15.4 Å². The van der Waals surface area contributed by atoms with Crippen LogP contribution in [0.3, 0.4) is 0 Å². The predicted molar refractivity (Wildman–Crippen MR) is 160 cm³/mol. The molecule has 0 bridgehead atoms. The van der Waals surface area contributed by atoms with Crippen molar-refractivity contribution in [2.45, 2.75) is 49.3 Å². The Bertz CT molecular complexity index is 1770. The summed E-state index contributed by atoms with van der Waals surface area (Å²) in [5, 5.41) is 33.7. The summed E-state index contributed by atoms with van der Waals surface area (Å²) < 4.78 is 2.06. The Morgan fingerprint density at radius 2 is 1.73 bits per heavy atom. The van der Waals surface area contributed by atoms with Gasteiger partial charge in [-0.2, -0.15) is 10.5 Å². The quantitative estimate of drug-likeness (QED) is 0.105. The molecule has 2 aromatic heterocycles. The number of nitriles is 2. The number of benzene rings is 2. The number of nitro groups is 1. The SMILES string of the molecule is Cc1cc(/C=C(\C#N)C(=O)Nc2sc3c(c2C#N)CCCC3)c(C)n1-c1ccc(Sc2ccc([N+](=O)[O-])cc2)cc1. The molecule has 2 heterocycles. The smallest absolute Gasteiger partial charge is 0.269 e. The molecule has 0 fully saturated rings. The van der Waals surface area contributed by atoms with E-state index in [9.17, 15) is 25.4 Å². The molecule has 1 N–H and O–H groups in total. The molecule has 8 nitrogen and oxygen atoms in total. The Kier molecular flexibility index (Phi) is 8.06. The Balaban J connectivity index is 1.35. The van der Waals surface area contributed by atoms with Crippen molar-refractivity contribution in [3.05, 3.63) is 103 Å². The molecule has 0 saturated carbocycles. The van der Waals surface area contributed by atoms with Gasteiger partial charge in [0.15, 0.2) is 0 Å². The van der Waals surface area contributed by atoms with Gasteiger partial charge in [0.25, 0.3) is 11.6 Å². The van der Waals surface area contributed by atoms with Crippen molar-refractivity contribution in [3.63, 3.8) is 0 Å². The van der Waals surface area contributed by atoms with Crippen LogP contribution in [-0.2, 0) is 17.6 Å². The molecular formula is C31H25N5O3S2. The minimum atomic E-state index is -0.528. The van der Waals surface area contributed by atoms with E-state index in [0.717, 1.165) is 68.6 Å². The van der Waals surface area contributed by atoms with E-state index in [4.69, 9.17) is 0 Å². The minimum absolute atomic E-state index is 0.0321. The third-order valence-corrected chi connectivity index (χ3v) is 9.25. The zero-order valence-corrected chi connectivity index (χ0v) is 24.1. The first-order valence-corrected chi connectivity index (χ1v) is 14.6. The number of aromatic nitrogens is 1. The summed E-state index contributed by atoms with van der Waals surface area (Å²) in [6.07, 6.45) is 5.45. The van der Waals surface area contributed by atoms with Crippen LogP contribution in [0.15, 0.2) is 70.0 Å². The summed E-state index contributed by atoms with van der Waals surface area (Å²) in [5.41, 5.74) is 5.08. The first-order chi connectivity index (χ1) is 19.8. The van der Waals surface area contributed by atoms with Crippen molar-refractivity contribution >= 4 is 45.8 Å². The van der Waals surface area contributed by atoms with Crippen LogP contribution in [0.4, 0.5) is 10.7 Å². The van der Waals surface area contributed by atoms with E-state index in [1.165, 1.54) is 35.2 Å². The monoisotopic (exact) mass is 579 g/mol. The van der Waals surface area contributed by atoms with Crippen molar-refractivity contribution in [1.82, 2.24) is 4.57 Å². The highest BCUT2D eigenvalue weighted by molar-refractivity contribution is 7.99. The highest BCUT2D eigenvalue weighted by atomic mass is 32.2. The number of hydrogen-bond donors (Lipinski definition) is 1. The molecule has 0 saturated heterocycles. The third-order valence-electron chi connectivity index (χ3n) is 7.02. The van der Waals surface area contributed by atoms with E-state index in [1.807, 2.05) is 50.2 Å². The lowest BCUT2D eigenvalue weighted by molar-refractivity contribution is -0.384. The van der Waals surface area contributed by atoms with Crippen LogP contribution in [0.5, 0.6) is 0 Å². The van der Waals surface area contributed by atoms with E-state index in [1.54, 1.807) is 18.2 Å². The highest BCUT2D eigenvalue weighted by Gasteiger charge is 2.23. The summed E-state index contributed by atoms with van der Waals surface area (Å²) in [6.45, 7) is 3.90. The van der Waals surface area contributed by atoms with E-state index in [-0.39, 0.29) is 11.3 Å². The lowest BCUT2D eigenvalue weighted by atomic mass is 9.96. The maximum atomic E-state index is 13.1. The van der Waals surface area contributed by atoms with Gasteiger partial charge >= 0.3 is 0 Å². The van der Waals surface area contributed by atoms with Crippen LogP contribution in [0.2, 0.25) is 0 Å². The van der Waals surface area contributed by atoms with Crippen molar-refractivity contribution in [2.75, 3.05) is 5.32 Å². The number of fused-ring (bicyclic) bond motifs is 1. The lowest BCUT2D eigenvalue weighted by Gasteiger charge is -2.11. The number of nitrogens with zero attached hydrogens (tertiary/aromatic N) is 4. The molecular weight excluding hydrogens is 555 g/mol. The van der Waals surface area contributed by atoms with Gasteiger partial charge in [0, 0.05) is 43.9 Å². The number of nitro benzene ring substituents is 1. The molecule has 0 spiro atoms. The molecule has 41 heavy (non-hydrogen) atoms. The zero-order chi connectivity index (χ0) is 29.1. The first-order valence-electron chi connectivity index (χ1n) is 13.0. The summed E-state index contributed by atoms with van der Waals surface area (Å²) in [7, 11) is 0. The van der Waals surface area contributed by atoms with Gasteiger partial charge in [-0.3, -0.25) is 14.9 Å². The van der Waals surface area contributed by atoms with Crippen molar-refractivity contribution in [1.29, 1.82) is 10.5 Å². The fourth-order valence-electron chi connectivity index (χ4n) is 5.01. The van der Waals surface area contributed by atoms with Gasteiger partial charge in [0.1, 0.15) is 22.7 Å². The molecule has 0 radical (unpaired) electrons. The molecule has 4 aromatic rings. The fourth-order valence-corrected chi connectivity index (χ4v) is 7.06. The van der Waals surface area contributed by atoms with Crippen LogP contribution in [0.25, 0.3) is 11.8 Å². The van der Waals surface area contributed by atoms with Gasteiger partial charge in [0.2, 0.25) is 0 Å². The first kappa shape index (κ1) is 27.9. The second-order valence-electron chi connectivity index (χ2n) is 9.66. The third kappa shape index (κ3) is 5.80. The Morgan fingerprint density at radius 1 is 1.07 bits per heavy atom. The molecule has 0 aliphatic heterocycles. The number of non-ortho nitro benzene ring substituents is 1. The number of nitrogens with one attached hydrogen (secondary N) is 1. The number of rotatable bonds is 7. The predicted octanol–water partition coefficient (Wildman–Crippen LogP) is 7.51. The number of carbonyl (C=O) groups is 1. The molecule has 5 rings (SSSR count). The Morgan fingerprint density at radius 3 is 2.37 bits per heavy atom. The maximum Gasteiger partial charge on any atom is 0.269 e. The second-order valence-corrected chi connectivity index (χ2v) is 11.9. The molecule has 2 aromatic carbocycles. The van der Waals surface area contributed by atoms with Gasteiger partial charge in [-0.1, -0.05) is 11.8 Å². The Labute approximate surface area is 245 Å². The zero-order valence-electron chi connectivity index (χ0n) is 22.4. The molecule has 1 aliphatic rings. The minimum Gasteiger partial charge on any atom is -0.318 e. The van der Waals surface area contributed by atoms with E-state index < -0.39 is 10.8 Å². The van der Waals surface area contributed by atoms with Crippen molar-refractivity contribution < 1.29 is 9.72 Å². The molecule has 0 unspecified atom stereocenters. The summed E-state index contributed by atoms with van der Waals surface area (Å²) in [4.78, 5) is 26.6. The average molecular weight is 580 g/mol. The fraction of sp³-hybridized carbons (Fsp3) is 0.194. The number of anilines is 1. The van der Waals surface area contributed by atoms with E-state index >= 15 is 0 Å². The Hall–Kier alpha value is -4.64. The van der Waals surface area contributed by atoms with Crippen LogP contribution >= 0.6 is 23.1 Å². The summed E-state index contributed by atoms with van der Waals surface area (Å²) >= 11 is 2.95. The van der Waals surface area contributed by atoms with Crippen LogP contribution in [0.1, 0.15) is 45.8 Å². The molecule has 1 amide bonds. The topological polar surface area (TPSA) is 125 Å². The summed E-state index contributed by atoms with van der Waals surface area (Å²) in [6, 6.07) is 20.6. The molecule has 0 atom stereocenters. The lowest BCUT2D eigenvalue weighted by Crippen LogP contribution is -2.13. The second kappa shape index (κ2) is 11.8. The van der Waals surface area contributed by atoms with Gasteiger partial charge in [-0.05, 0) is 99.2 Å². The van der Waals surface area contributed by atoms with E-state index in [0.29, 0.717) is 10.6 Å². The number of carbonyl (C=O) groups excluding carboxylic acids is 1. The normalized spacial score (nSPS) is 12.7. The van der Waals surface area contributed by atoms with Crippen molar-refractivity contribution in [2.24, 2.45) is 0 Å².